The molecule has 0 saturated carbocycles. The third-order valence-electron chi connectivity index (χ3n) is 4.77. The molecule has 0 radical (unpaired) electrons. The molecular formula is C19H31NO. The third-order valence-corrected chi connectivity index (χ3v) is 4.77. The van der Waals surface area contributed by atoms with Crippen LogP contribution in [0.1, 0.15) is 69.7 Å². The van der Waals surface area contributed by atoms with Crippen molar-refractivity contribution in [3.63, 3.8) is 0 Å². The summed E-state index contributed by atoms with van der Waals surface area (Å²) >= 11 is 0. The van der Waals surface area contributed by atoms with Gasteiger partial charge in [-0.3, -0.25) is 0 Å². The lowest BCUT2D eigenvalue weighted by Gasteiger charge is -2.36. The molecule has 0 bridgehead atoms. The van der Waals surface area contributed by atoms with Gasteiger partial charge < -0.3 is 10.1 Å². The summed E-state index contributed by atoms with van der Waals surface area (Å²) in [4.78, 5) is 0. The smallest absolute Gasteiger partial charge is 0.0849 e. The Bertz CT molecular complexity index is 449. The number of aryl methyl sites for hydroxylation is 2. The second-order valence-corrected chi connectivity index (χ2v) is 6.39. The fraction of sp³-hybridized carbons (Fsp3) is 0.684. The first-order valence-corrected chi connectivity index (χ1v) is 8.63. The van der Waals surface area contributed by atoms with E-state index in [1.165, 1.54) is 23.1 Å². The van der Waals surface area contributed by atoms with E-state index in [4.69, 9.17) is 4.74 Å². The van der Waals surface area contributed by atoms with Crippen molar-refractivity contribution in [3.8, 4) is 0 Å². The molecule has 118 valence electrons. The van der Waals surface area contributed by atoms with Crippen molar-refractivity contribution in [1.29, 1.82) is 0 Å². The van der Waals surface area contributed by atoms with Gasteiger partial charge in [0.2, 0.25) is 0 Å². The zero-order valence-corrected chi connectivity index (χ0v) is 14.2. The van der Waals surface area contributed by atoms with Crippen molar-refractivity contribution in [3.05, 3.63) is 34.9 Å². The highest BCUT2D eigenvalue weighted by molar-refractivity contribution is 5.36. The Labute approximate surface area is 130 Å². The summed E-state index contributed by atoms with van der Waals surface area (Å²) < 4.78 is 6.16. The van der Waals surface area contributed by atoms with Crippen LogP contribution in [0.2, 0.25) is 0 Å². The molecule has 1 aliphatic heterocycles. The van der Waals surface area contributed by atoms with E-state index in [2.05, 4.69) is 51.2 Å². The van der Waals surface area contributed by atoms with E-state index in [1.54, 1.807) is 0 Å². The van der Waals surface area contributed by atoms with Crippen LogP contribution < -0.4 is 5.32 Å². The normalized spacial score (nSPS) is 23.4. The minimum Gasteiger partial charge on any atom is -0.373 e. The van der Waals surface area contributed by atoms with E-state index in [1.807, 2.05) is 0 Å². The number of hydrogen-bond acceptors (Lipinski definition) is 2. The lowest BCUT2D eigenvalue weighted by Crippen LogP contribution is -2.42. The van der Waals surface area contributed by atoms with Crippen LogP contribution >= 0.6 is 0 Å². The van der Waals surface area contributed by atoms with Gasteiger partial charge in [-0.25, -0.2) is 0 Å². The van der Waals surface area contributed by atoms with Gasteiger partial charge in [-0.1, -0.05) is 39.0 Å². The maximum atomic E-state index is 6.16. The number of nitrogens with one attached hydrogen (secondary N) is 1. The van der Waals surface area contributed by atoms with E-state index in [9.17, 15) is 0 Å². The topological polar surface area (TPSA) is 21.3 Å². The van der Waals surface area contributed by atoms with Gasteiger partial charge in [0, 0.05) is 6.61 Å². The minimum absolute atomic E-state index is 0.0640. The average Bonchev–Trinajstić information content (AvgIpc) is 2.95. The van der Waals surface area contributed by atoms with E-state index in [0.29, 0.717) is 6.04 Å². The van der Waals surface area contributed by atoms with Gasteiger partial charge in [0.15, 0.2) is 0 Å². The first-order valence-electron chi connectivity index (χ1n) is 8.63. The van der Waals surface area contributed by atoms with Crippen molar-refractivity contribution < 1.29 is 4.74 Å². The molecule has 2 nitrogen and oxygen atoms in total. The molecule has 2 heteroatoms. The average molecular weight is 289 g/mol. The Kier molecular flexibility index (Phi) is 5.83. The van der Waals surface area contributed by atoms with E-state index < -0.39 is 0 Å². The van der Waals surface area contributed by atoms with Crippen LogP contribution in [0.25, 0.3) is 0 Å². The Morgan fingerprint density at radius 3 is 2.62 bits per heavy atom. The SMILES string of the molecule is CCCNC(c1cc(CC)ccc1CC)C1(C)CCCO1. The Morgan fingerprint density at radius 1 is 1.24 bits per heavy atom. The van der Waals surface area contributed by atoms with Gasteiger partial charge in [-0.05, 0) is 62.3 Å². The molecule has 0 aliphatic carbocycles. The van der Waals surface area contributed by atoms with Crippen molar-refractivity contribution in [2.75, 3.05) is 13.2 Å². The second kappa shape index (κ2) is 7.42. The fourth-order valence-corrected chi connectivity index (χ4v) is 3.43. The molecule has 1 aromatic carbocycles. The molecular weight excluding hydrogens is 258 g/mol. The summed E-state index contributed by atoms with van der Waals surface area (Å²) in [6.45, 7) is 10.9. The molecule has 2 atom stereocenters. The number of hydrogen-bond donors (Lipinski definition) is 1. The van der Waals surface area contributed by atoms with Crippen LogP contribution in [0.5, 0.6) is 0 Å². The standard InChI is InChI=1S/C19H31NO/c1-5-12-20-18(19(4)11-8-13-21-19)17-14-15(6-2)9-10-16(17)7-3/h9-10,14,18,20H,5-8,11-13H2,1-4H3. The molecule has 1 N–H and O–H groups in total. The summed E-state index contributed by atoms with van der Waals surface area (Å²) in [6, 6.07) is 7.30. The predicted molar refractivity (Wildman–Crippen MR) is 89.8 cm³/mol. The molecule has 1 saturated heterocycles. The highest BCUT2D eigenvalue weighted by Gasteiger charge is 2.39. The van der Waals surface area contributed by atoms with Crippen LogP contribution in [0.3, 0.4) is 0 Å². The molecule has 0 spiro atoms. The predicted octanol–water partition coefficient (Wildman–Crippen LogP) is 4.42. The van der Waals surface area contributed by atoms with Crippen molar-refractivity contribution in [2.45, 2.75) is 71.4 Å². The molecule has 21 heavy (non-hydrogen) atoms. The van der Waals surface area contributed by atoms with Crippen LogP contribution in [-0.4, -0.2) is 18.8 Å². The van der Waals surface area contributed by atoms with Crippen molar-refractivity contribution >= 4 is 0 Å². The van der Waals surface area contributed by atoms with Crippen LogP contribution in [-0.2, 0) is 17.6 Å². The molecule has 2 unspecified atom stereocenters. The van der Waals surface area contributed by atoms with Gasteiger partial charge >= 0.3 is 0 Å². The summed E-state index contributed by atoms with van der Waals surface area (Å²) in [5, 5.41) is 3.77. The first-order chi connectivity index (χ1) is 10.1. The van der Waals surface area contributed by atoms with Crippen molar-refractivity contribution in [1.82, 2.24) is 5.32 Å². The maximum absolute atomic E-state index is 6.16. The van der Waals surface area contributed by atoms with E-state index in [-0.39, 0.29) is 5.60 Å². The number of ether oxygens (including phenoxy) is 1. The van der Waals surface area contributed by atoms with Crippen LogP contribution in [0, 0.1) is 0 Å². The molecule has 1 heterocycles. The maximum Gasteiger partial charge on any atom is 0.0849 e. The lowest BCUT2D eigenvalue weighted by molar-refractivity contribution is -0.0127. The van der Waals surface area contributed by atoms with Gasteiger partial charge in [0.25, 0.3) is 0 Å². The van der Waals surface area contributed by atoms with Gasteiger partial charge in [0.05, 0.1) is 11.6 Å². The van der Waals surface area contributed by atoms with E-state index in [0.717, 1.165) is 38.8 Å². The summed E-state index contributed by atoms with van der Waals surface area (Å²) in [6.07, 6.45) is 5.65. The van der Waals surface area contributed by atoms with E-state index >= 15 is 0 Å². The fourth-order valence-electron chi connectivity index (χ4n) is 3.43. The number of rotatable bonds is 7. The van der Waals surface area contributed by atoms with Crippen LogP contribution in [0.15, 0.2) is 18.2 Å². The largest absolute Gasteiger partial charge is 0.373 e. The summed E-state index contributed by atoms with van der Waals surface area (Å²) in [5.74, 6) is 0. The minimum atomic E-state index is -0.0640. The highest BCUT2D eigenvalue weighted by atomic mass is 16.5. The Morgan fingerprint density at radius 2 is 2.05 bits per heavy atom. The Balaban J connectivity index is 2.39. The highest BCUT2D eigenvalue weighted by Crippen LogP contribution is 2.39. The number of benzene rings is 1. The van der Waals surface area contributed by atoms with Gasteiger partial charge in [-0.15, -0.1) is 0 Å². The van der Waals surface area contributed by atoms with Gasteiger partial charge in [-0.2, -0.15) is 0 Å². The lowest BCUT2D eigenvalue weighted by atomic mass is 9.84. The molecule has 2 rings (SSSR count). The van der Waals surface area contributed by atoms with Crippen LogP contribution in [0.4, 0.5) is 0 Å². The summed E-state index contributed by atoms with van der Waals surface area (Å²) in [7, 11) is 0. The quantitative estimate of drug-likeness (QED) is 0.802. The second-order valence-electron chi connectivity index (χ2n) is 6.39. The zero-order chi connectivity index (χ0) is 15.3. The Hall–Kier alpha value is -0.860. The monoisotopic (exact) mass is 289 g/mol. The molecule has 1 aliphatic rings. The first kappa shape index (κ1) is 16.5. The molecule has 0 aromatic heterocycles. The molecule has 1 fully saturated rings. The summed E-state index contributed by atoms with van der Waals surface area (Å²) in [5.41, 5.74) is 4.27. The molecule has 0 amide bonds. The van der Waals surface area contributed by atoms with Gasteiger partial charge in [0.1, 0.15) is 0 Å². The zero-order valence-electron chi connectivity index (χ0n) is 14.2. The molecule has 1 aromatic rings. The third kappa shape index (κ3) is 3.67. The van der Waals surface area contributed by atoms with Crippen molar-refractivity contribution in [2.24, 2.45) is 0 Å².